The molecule has 0 saturated heterocycles. The molecule has 0 radical (unpaired) electrons. The number of nitrogens with one attached hydrogen (secondary N) is 1. The largest absolute Gasteiger partial charge is 0.409 e. The number of carbonyl (C=O) groups excluding carboxylic acids is 1. The normalized spacial score (nSPS) is 24.0. The van der Waals surface area contributed by atoms with Crippen LogP contribution in [0.1, 0.15) is 52.4 Å². The van der Waals surface area contributed by atoms with Crippen molar-refractivity contribution in [3.63, 3.8) is 0 Å². The van der Waals surface area contributed by atoms with Crippen molar-refractivity contribution >= 4 is 11.7 Å². The molecule has 0 heterocycles. The lowest BCUT2D eigenvalue weighted by Crippen LogP contribution is -2.55. The molecular weight excluding hydrogens is 230 g/mol. The maximum absolute atomic E-state index is 12.5. The van der Waals surface area contributed by atoms with Gasteiger partial charge in [0.25, 0.3) is 0 Å². The molecule has 2 saturated carbocycles. The molecule has 5 nitrogen and oxygen atoms in total. The van der Waals surface area contributed by atoms with Crippen molar-refractivity contribution in [2.75, 3.05) is 0 Å². The van der Waals surface area contributed by atoms with Crippen molar-refractivity contribution in [2.24, 2.45) is 22.2 Å². The second kappa shape index (κ2) is 4.44. The second-order valence-corrected chi connectivity index (χ2v) is 6.22. The lowest BCUT2D eigenvalue weighted by molar-refractivity contribution is -0.129. The van der Waals surface area contributed by atoms with Crippen LogP contribution in [-0.4, -0.2) is 22.5 Å². The van der Waals surface area contributed by atoms with E-state index in [-0.39, 0.29) is 17.3 Å². The van der Waals surface area contributed by atoms with Gasteiger partial charge in [0, 0.05) is 5.54 Å². The zero-order chi connectivity index (χ0) is 13.4. The minimum atomic E-state index is -0.791. The van der Waals surface area contributed by atoms with Crippen molar-refractivity contribution in [1.29, 1.82) is 0 Å². The number of nitrogens with zero attached hydrogens (tertiary/aromatic N) is 1. The third-order valence-electron chi connectivity index (χ3n) is 4.52. The van der Waals surface area contributed by atoms with E-state index in [2.05, 4.69) is 24.3 Å². The minimum Gasteiger partial charge on any atom is -0.409 e. The third-order valence-corrected chi connectivity index (χ3v) is 4.52. The summed E-state index contributed by atoms with van der Waals surface area (Å²) < 4.78 is 0. The Bertz CT molecular complexity index is 366. The Balaban J connectivity index is 2.14. The quantitative estimate of drug-likeness (QED) is 0.308. The van der Waals surface area contributed by atoms with Gasteiger partial charge in [0.2, 0.25) is 5.91 Å². The first-order chi connectivity index (χ1) is 8.42. The molecule has 2 fully saturated rings. The van der Waals surface area contributed by atoms with E-state index in [0.717, 1.165) is 12.8 Å². The van der Waals surface area contributed by atoms with Gasteiger partial charge < -0.3 is 16.3 Å². The van der Waals surface area contributed by atoms with E-state index in [9.17, 15) is 4.79 Å². The maximum Gasteiger partial charge on any atom is 0.234 e. The van der Waals surface area contributed by atoms with Crippen LogP contribution in [0.4, 0.5) is 0 Å². The van der Waals surface area contributed by atoms with Crippen LogP contribution in [0, 0.1) is 11.3 Å². The monoisotopic (exact) mass is 253 g/mol. The SMILES string of the molecule is CC(C)(NC(=O)C1(C(N)=NO)CCCC1)C1CC1. The van der Waals surface area contributed by atoms with Gasteiger partial charge in [-0.25, -0.2) is 0 Å². The molecule has 2 rings (SSSR count). The van der Waals surface area contributed by atoms with E-state index >= 15 is 0 Å². The molecule has 2 aliphatic carbocycles. The standard InChI is InChI=1S/C13H23N3O2/c1-12(2,9-5-6-9)15-11(17)13(10(14)16-18)7-3-4-8-13/h9,18H,3-8H2,1-2H3,(H2,14,16)(H,15,17). The van der Waals surface area contributed by atoms with E-state index in [0.29, 0.717) is 18.8 Å². The molecule has 4 N–H and O–H groups in total. The van der Waals surface area contributed by atoms with Crippen LogP contribution < -0.4 is 11.1 Å². The summed E-state index contributed by atoms with van der Waals surface area (Å²) in [6.45, 7) is 4.11. The molecule has 0 aromatic rings. The molecule has 102 valence electrons. The Morgan fingerprint density at radius 2 is 1.94 bits per heavy atom. The van der Waals surface area contributed by atoms with Crippen LogP contribution in [0.15, 0.2) is 5.16 Å². The minimum absolute atomic E-state index is 0.0593. The molecule has 1 amide bonds. The molecule has 5 heteroatoms. The van der Waals surface area contributed by atoms with Crippen molar-refractivity contribution in [3.8, 4) is 0 Å². The smallest absolute Gasteiger partial charge is 0.234 e. The maximum atomic E-state index is 12.5. The number of hydrogen-bond donors (Lipinski definition) is 3. The lowest BCUT2D eigenvalue weighted by atomic mass is 9.82. The Morgan fingerprint density at radius 3 is 2.39 bits per heavy atom. The zero-order valence-corrected chi connectivity index (χ0v) is 11.2. The highest BCUT2D eigenvalue weighted by atomic mass is 16.4. The van der Waals surface area contributed by atoms with Crippen LogP contribution in [0.25, 0.3) is 0 Å². The average Bonchev–Trinajstić information content (AvgIpc) is 3.07. The topological polar surface area (TPSA) is 87.7 Å². The number of rotatable bonds is 4. The summed E-state index contributed by atoms with van der Waals surface area (Å²) in [6, 6.07) is 0. The Labute approximate surface area is 108 Å². The highest BCUT2D eigenvalue weighted by Gasteiger charge is 2.48. The molecule has 0 aliphatic heterocycles. The van der Waals surface area contributed by atoms with Gasteiger partial charge in [0.15, 0.2) is 5.84 Å². The first-order valence-electron chi connectivity index (χ1n) is 6.73. The summed E-state index contributed by atoms with van der Waals surface area (Å²) in [5.74, 6) is 0.545. The highest BCUT2D eigenvalue weighted by molar-refractivity contribution is 6.07. The highest BCUT2D eigenvalue weighted by Crippen LogP contribution is 2.42. The van der Waals surface area contributed by atoms with Crippen molar-refractivity contribution < 1.29 is 10.0 Å². The first kappa shape index (κ1) is 13.2. The number of hydrogen-bond acceptors (Lipinski definition) is 3. The van der Waals surface area contributed by atoms with Gasteiger partial charge in [-0.2, -0.15) is 0 Å². The molecule has 2 aliphatic rings. The fraction of sp³-hybridized carbons (Fsp3) is 0.846. The molecule has 0 aromatic carbocycles. The Morgan fingerprint density at radius 1 is 1.39 bits per heavy atom. The summed E-state index contributed by atoms with van der Waals surface area (Å²) in [5, 5.41) is 15.1. The fourth-order valence-electron chi connectivity index (χ4n) is 2.99. The van der Waals surface area contributed by atoms with Gasteiger partial charge in [-0.1, -0.05) is 18.0 Å². The summed E-state index contributed by atoms with van der Waals surface area (Å²) in [5.41, 5.74) is 4.78. The summed E-state index contributed by atoms with van der Waals surface area (Å²) in [4.78, 5) is 12.5. The van der Waals surface area contributed by atoms with E-state index in [1.54, 1.807) is 0 Å². The zero-order valence-electron chi connectivity index (χ0n) is 11.2. The van der Waals surface area contributed by atoms with Crippen molar-refractivity contribution in [2.45, 2.75) is 57.9 Å². The van der Waals surface area contributed by atoms with Gasteiger partial charge >= 0.3 is 0 Å². The predicted octanol–water partition coefficient (Wildman–Crippen LogP) is 1.60. The average molecular weight is 253 g/mol. The lowest BCUT2D eigenvalue weighted by Gasteiger charge is -2.33. The van der Waals surface area contributed by atoms with Crippen LogP contribution in [0.2, 0.25) is 0 Å². The Kier molecular flexibility index (Phi) is 3.25. The number of amides is 1. The van der Waals surface area contributed by atoms with E-state index < -0.39 is 5.41 Å². The molecule has 0 bridgehead atoms. The first-order valence-corrected chi connectivity index (χ1v) is 6.73. The summed E-state index contributed by atoms with van der Waals surface area (Å²) >= 11 is 0. The second-order valence-electron chi connectivity index (χ2n) is 6.22. The van der Waals surface area contributed by atoms with E-state index in [1.807, 2.05) is 0 Å². The number of oxime groups is 1. The molecule has 0 aromatic heterocycles. The molecule has 0 spiro atoms. The predicted molar refractivity (Wildman–Crippen MR) is 69.3 cm³/mol. The van der Waals surface area contributed by atoms with Crippen LogP contribution in [0.3, 0.4) is 0 Å². The summed E-state index contributed by atoms with van der Waals surface area (Å²) in [7, 11) is 0. The van der Waals surface area contributed by atoms with Crippen molar-refractivity contribution in [1.82, 2.24) is 5.32 Å². The molecule has 18 heavy (non-hydrogen) atoms. The van der Waals surface area contributed by atoms with Crippen molar-refractivity contribution in [3.05, 3.63) is 0 Å². The number of nitrogens with two attached hydrogens (primary N) is 1. The third kappa shape index (κ3) is 2.18. The molecular formula is C13H23N3O2. The number of carbonyl (C=O) groups is 1. The Hall–Kier alpha value is -1.26. The van der Waals surface area contributed by atoms with Gasteiger partial charge in [-0.05, 0) is 45.4 Å². The number of amidine groups is 1. The van der Waals surface area contributed by atoms with Crippen LogP contribution >= 0.6 is 0 Å². The van der Waals surface area contributed by atoms with Crippen LogP contribution in [-0.2, 0) is 4.79 Å². The van der Waals surface area contributed by atoms with E-state index in [4.69, 9.17) is 10.9 Å². The van der Waals surface area contributed by atoms with Gasteiger partial charge in [0.05, 0.1) is 0 Å². The van der Waals surface area contributed by atoms with Crippen LogP contribution in [0.5, 0.6) is 0 Å². The molecule has 0 atom stereocenters. The summed E-state index contributed by atoms with van der Waals surface area (Å²) in [6.07, 6.45) is 5.60. The van der Waals surface area contributed by atoms with Gasteiger partial charge in [-0.15, -0.1) is 0 Å². The van der Waals surface area contributed by atoms with E-state index in [1.165, 1.54) is 12.8 Å². The molecule has 0 unspecified atom stereocenters. The fourth-order valence-corrected chi connectivity index (χ4v) is 2.99. The van der Waals surface area contributed by atoms with Gasteiger partial charge in [-0.3, -0.25) is 4.79 Å². The van der Waals surface area contributed by atoms with Gasteiger partial charge in [0.1, 0.15) is 5.41 Å².